The SMILES string of the molecule is O=C(O)CC1(c2ccc(SC3CC3)c(F)c2)CC1. The number of aliphatic carboxylic acids is 1. The van der Waals surface area contributed by atoms with Crippen LogP contribution in [0, 0.1) is 5.82 Å². The van der Waals surface area contributed by atoms with Gasteiger partial charge in [-0.25, -0.2) is 4.39 Å². The summed E-state index contributed by atoms with van der Waals surface area (Å²) in [6.45, 7) is 0. The average molecular weight is 266 g/mol. The molecular weight excluding hydrogens is 251 g/mol. The van der Waals surface area contributed by atoms with Crippen LogP contribution in [0.2, 0.25) is 0 Å². The van der Waals surface area contributed by atoms with E-state index >= 15 is 0 Å². The van der Waals surface area contributed by atoms with Crippen LogP contribution in [0.15, 0.2) is 23.1 Å². The second-order valence-corrected chi connectivity index (χ2v) is 6.66. The minimum atomic E-state index is -0.802. The highest BCUT2D eigenvalue weighted by molar-refractivity contribution is 8.00. The Labute approximate surface area is 110 Å². The Morgan fingerprint density at radius 3 is 2.67 bits per heavy atom. The highest BCUT2D eigenvalue weighted by Gasteiger charge is 2.46. The molecule has 4 heteroatoms. The Morgan fingerprint density at radius 2 is 2.17 bits per heavy atom. The molecular formula is C14H15FO2S. The number of thioether (sulfide) groups is 1. The second kappa shape index (κ2) is 4.26. The van der Waals surface area contributed by atoms with E-state index < -0.39 is 5.97 Å². The van der Waals surface area contributed by atoms with Gasteiger partial charge in [-0.05, 0) is 43.4 Å². The molecule has 0 atom stereocenters. The minimum absolute atomic E-state index is 0.113. The number of halogens is 1. The summed E-state index contributed by atoms with van der Waals surface area (Å²) in [4.78, 5) is 11.5. The van der Waals surface area contributed by atoms with Gasteiger partial charge in [-0.15, -0.1) is 11.8 Å². The fourth-order valence-corrected chi connectivity index (χ4v) is 3.35. The van der Waals surface area contributed by atoms with Gasteiger partial charge >= 0.3 is 5.97 Å². The lowest BCUT2D eigenvalue weighted by atomic mass is 9.92. The van der Waals surface area contributed by atoms with Gasteiger partial charge in [-0.2, -0.15) is 0 Å². The molecule has 3 rings (SSSR count). The normalized spacial score (nSPS) is 20.7. The molecule has 1 N–H and O–H groups in total. The summed E-state index contributed by atoms with van der Waals surface area (Å²) in [5.41, 5.74) is 0.553. The Kier molecular flexibility index (Phi) is 2.85. The summed E-state index contributed by atoms with van der Waals surface area (Å²) in [7, 11) is 0. The molecule has 2 aliphatic carbocycles. The Hall–Kier alpha value is -1.03. The van der Waals surface area contributed by atoms with Gasteiger partial charge in [0.05, 0.1) is 6.42 Å². The quantitative estimate of drug-likeness (QED) is 0.885. The van der Waals surface area contributed by atoms with Gasteiger partial charge in [-0.1, -0.05) is 6.07 Å². The van der Waals surface area contributed by atoms with Crippen LogP contribution in [-0.4, -0.2) is 16.3 Å². The monoisotopic (exact) mass is 266 g/mol. The maximum Gasteiger partial charge on any atom is 0.304 e. The van der Waals surface area contributed by atoms with E-state index in [0.29, 0.717) is 10.1 Å². The highest BCUT2D eigenvalue weighted by atomic mass is 32.2. The van der Waals surface area contributed by atoms with Crippen molar-refractivity contribution in [2.45, 2.75) is 47.7 Å². The fourth-order valence-electron chi connectivity index (χ4n) is 2.30. The number of carboxylic acids is 1. The lowest BCUT2D eigenvalue weighted by Crippen LogP contribution is -2.13. The predicted octanol–water partition coefficient (Wildman–Crippen LogP) is 3.59. The molecule has 0 spiro atoms. The zero-order chi connectivity index (χ0) is 12.8. The summed E-state index contributed by atoms with van der Waals surface area (Å²) in [5.74, 6) is -0.995. The third-order valence-corrected chi connectivity index (χ3v) is 5.10. The van der Waals surface area contributed by atoms with E-state index in [0.717, 1.165) is 18.4 Å². The van der Waals surface area contributed by atoms with Gasteiger partial charge in [0.1, 0.15) is 5.82 Å². The van der Waals surface area contributed by atoms with Crippen LogP contribution in [-0.2, 0) is 10.2 Å². The number of hydrogen-bond acceptors (Lipinski definition) is 2. The van der Waals surface area contributed by atoms with Crippen molar-refractivity contribution in [2.24, 2.45) is 0 Å². The predicted molar refractivity (Wildman–Crippen MR) is 68.4 cm³/mol. The van der Waals surface area contributed by atoms with Crippen LogP contribution < -0.4 is 0 Å². The Balaban J connectivity index is 1.80. The molecule has 0 unspecified atom stereocenters. The first-order chi connectivity index (χ1) is 8.59. The first-order valence-electron chi connectivity index (χ1n) is 6.28. The lowest BCUT2D eigenvalue weighted by Gasteiger charge is -2.14. The van der Waals surface area contributed by atoms with Crippen LogP contribution in [0.1, 0.15) is 37.7 Å². The van der Waals surface area contributed by atoms with Crippen LogP contribution in [0.5, 0.6) is 0 Å². The molecule has 18 heavy (non-hydrogen) atoms. The topological polar surface area (TPSA) is 37.3 Å². The van der Waals surface area contributed by atoms with Crippen LogP contribution in [0.25, 0.3) is 0 Å². The first-order valence-corrected chi connectivity index (χ1v) is 7.15. The molecule has 0 bridgehead atoms. The van der Waals surface area contributed by atoms with Crippen molar-refractivity contribution < 1.29 is 14.3 Å². The molecule has 2 nitrogen and oxygen atoms in total. The molecule has 1 aromatic rings. The molecule has 0 heterocycles. The number of hydrogen-bond donors (Lipinski definition) is 1. The average Bonchev–Trinajstić information content (AvgIpc) is 3.17. The molecule has 96 valence electrons. The van der Waals surface area contributed by atoms with Gasteiger partial charge < -0.3 is 5.11 Å². The van der Waals surface area contributed by atoms with Crippen molar-refractivity contribution in [2.75, 3.05) is 0 Å². The van der Waals surface area contributed by atoms with E-state index in [1.54, 1.807) is 17.8 Å². The molecule has 2 fully saturated rings. The van der Waals surface area contributed by atoms with Gasteiger partial charge in [0.25, 0.3) is 0 Å². The standard InChI is InChI=1S/C14H15FO2S/c15-11-7-9(14(5-6-14)8-13(16)17)1-4-12(11)18-10-2-3-10/h1,4,7,10H,2-3,5-6,8H2,(H,16,17). The van der Waals surface area contributed by atoms with Crippen molar-refractivity contribution in [1.29, 1.82) is 0 Å². The third-order valence-electron chi connectivity index (χ3n) is 3.71. The molecule has 0 amide bonds. The number of carboxylic acid groups (broad SMARTS) is 1. The van der Waals surface area contributed by atoms with Crippen LogP contribution in [0.4, 0.5) is 4.39 Å². The molecule has 0 aromatic heterocycles. The van der Waals surface area contributed by atoms with E-state index in [-0.39, 0.29) is 17.7 Å². The summed E-state index contributed by atoms with van der Waals surface area (Å²) in [5, 5.41) is 9.49. The van der Waals surface area contributed by atoms with E-state index in [1.165, 1.54) is 12.8 Å². The Morgan fingerprint density at radius 1 is 1.44 bits per heavy atom. The lowest BCUT2D eigenvalue weighted by molar-refractivity contribution is -0.137. The first kappa shape index (κ1) is 12.0. The van der Waals surface area contributed by atoms with E-state index in [2.05, 4.69) is 0 Å². The molecule has 0 aliphatic heterocycles. The van der Waals surface area contributed by atoms with Gasteiger partial charge in [0, 0.05) is 15.6 Å². The number of rotatable bonds is 5. The maximum absolute atomic E-state index is 14.0. The van der Waals surface area contributed by atoms with Crippen molar-refractivity contribution >= 4 is 17.7 Å². The molecule has 2 saturated carbocycles. The zero-order valence-corrected chi connectivity index (χ0v) is 10.8. The molecule has 1 aromatic carbocycles. The summed E-state index contributed by atoms with van der Waals surface area (Å²) in [6.07, 6.45) is 4.17. The Bertz CT molecular complexity index is 493. The van der Waals surface area contributed by atoms with E-state index in [9.17, 15) is 9.18 Å². The fraction of sp³-hybridized carbons (Fsp3) is 0.500. The third kappa shape index (κ3) is 2.39. The van der Waals surface area contributed by atoms with E-state index in [1.807, 2.05) is 12.1 Å². The van der Waals surface area contributed by atoms with Crippen LogP contribution >= 0.6 is 11.8 Å². The number of carbonyl (C=O) groups is 1. The van der Waals surface area contributed by atoms with Crippen molar-refractivity contribution in [3.05, 3.63) is 29.6 Å². The largest absolute Gasteiger partial charge is 0.481 e. The molecule has 2 aliphatic rings. The van der Waals surface area contributed by atoms with E-state index in [4.69, 9.17) is 5.11 Å². The maximum atomic E-state index is 14.0. The van der Waals surface area contributed by atoms with Gasteiger partial charge in [-0.3, -0.25) is 4.79 Å². The van der Waals surface area contributed by atoms with Gasteiger partial charge in [0.15, 0.2) is 0 Å². The zero-order valence-electron chi connectivity index (χ0n) is 9.99. The number of benzene rings is 1. The highest BCUT2D eigenvalue weighted by Crippen LogP contribution is 2.51. The second-order valence-electron chi connectivity index (χ2n) is 5.31. The van der Waals surface area contributed by atoms with Crippen molar-refractivity contribution in [3.63, 3.8) is 0 Å². The van der Waals surface area contributed by atoms with Crippen molar-refractivity contribution in [1.82, 2.24) is 0 Å². The van der Waals surface area contributed by atoms with Crippen LogP contribution in [0.3, 0.4) is 0 Å². The summed E-state index contributed by atoms with van der Waals surface area (Å²) in [6, 6.07) is 5.26. The summed E-state index contributed by atoms with van der Waals surface area (Å²) < 4.78 is 14.0. The summed E-state index contributed by atoms with van der Waals surface area (Å²) >= 11 is 1.60. The smallest absolute Gasteiger partial charge is 0.304 e. The van der Waals surface area contributed by atoms with Crippen molar-refractivity contribution in [3.8, 4) is 0 Å². The molecule has 0 saturated heterocycles. The van der Waals surface area contributed by atoms with Gasteiger partial charge in [0.2, 0.25) is 0 Å². The molecule has 0 radical (unpaired) electrons. The minimum Gasteiger partial charge on any atom is -0.481 e.